The van der Waals surface area contributed by atoms with Gasteiger partial charge in [0.25, 0.3) is 5.91 Å². The summed E-state index contributed by atoms with van der Waals surface area (Å²) >= 11 is 0. The molecule has 0 bridgehead atoms. The van der Waals surface area contributed by atoms with Crippen LogP contribution in [0.25, 0.3) is 5.69 Å². The molecule has 1 N–H and O–H groups in total. The fraction of sp³-hybridized carbons (Fsp3) is 0.500. The quantitative estimate of drug-likeness (QED) is 0.826. The maximum atomic E-state index is 13.0. The molecule has 0 aliphatic heterocycles. The van der Waals surface area contributed by atoms with Gasteiger partial charge in [0, 0.05) is 6.54 Å². The third-order valence-corrected chi connectivity index (χ3v) is 4.73. The van der Waals surface area contributed by atoms with Gasteiger partial charge in [0.1, 0.15) is 5.82 Å². The molecule has 0 radical (unpaired) electrons. The van der Waals surface area contributed by atoms with Crippen molar-refractivity contribution in [3.05, 3.63) is 41.5 Å². The number of aromatic nitrogens is 3. The summed E-state index contributed by atoms with van der Waals surface area (Å²) in [7, 11) is 0. The van der Waals surface area contributed by atoms with E-state index >= 15 is 0 Å². The van der Waals surface area contributed by atoms with Gasteiger partial charge >= 0.3 is 0 Å². The average molecular weight is 330 g/mol. The van der Waals surface area contributed by atoms with Gasteiger partial charge in [0.15, 0.2) is 5.69 Å². The average Bonchev–Trinajstić information content (AvgIpc) is 3.22. The maximum Gasteiger partial charge on any atom is 0.273 e. The van der Waals surface area contributed by atoms with Crippen LogP contribution in [0.15, 0.2) is 24.3 Å². The predicted octanol–water partition coefficient (Wildman–Crippen LogP) is 3.42. The predicted molar refractivity (Wildman–Crippen MR) is 89.6 cm³/mol. The topological polar surface area (TPSA) is 59.8 Å². The molecule has 3 rings (SSSR count). The molecule has 1 amide bonds. The number of benzene rings is 1. The molecule has 128 valence electrons. The van der Waals surface area contributed by atoms with E-state index in [1.165, 1.54) is 44.2 Å². The highest BCUT2D eigenvalue weighted by molar-refractivity contribution is 5.93. The minimum atomic E-state index is -0.309. The molecule has 0 spiro atoms. The van der Waals surface area contributed by atoms with Crippen molar-refractivity contribution in [3.8, 4) is 5.69 Å². The van der Waals surface area contributed by atoms with Crippen molar-refractivity contribution in [2.24, 2.45) is 5.92 Å². The zero-order chi connectivity index (χ0) is 16.9. The van der Waals surface area contributed by atoms with Gasteiger partial charge in [0.05, 0.1) is 11.4 Å². The molecule has 1 heterocycles. The van der Waals surface area contributed by atoms with E-state index in [-0.39, 0.29) is 11.7 Å². The number of rotatable bonds is 6. The molecular formula is C18H23FN4O. The summed E-state index contributed by atoms with van der Waals surface area (Å²) in [5.74, 6) is 0.326. The number of carbonyl (C=O) groups is 1. The molecule has 1 saturated carbocycles. The molecule has 1 aliphatic carbocycles. The molecule has 2 aromatic rings. The Morgan fingerprint density at radius 1 is 1.29 bits per heavy atom. The lowest BCUT2D eigenvalue weighted by molar-refractivity contribution is 0.0946. The minimum Gasteiger partial charge on any atom is -0.351 e. The normalized spacial score (nSPS) is 14.9. The highest BCUT2D eigenvalue weighted by atomic mass is 19.1. The summed E-state index contributed by atoms with van der Waals surface area (Å²) < 4.78 is 14.6. The van der Waals surface area contributed by atoms with Gasteiger partial charge in [-0.1, -0.05) is 30.9 Å². The van der Waals surface area contributed by atoms with Gasteiger partial charge in [-0.05, 0) is 49.9 Å². The summed E-state index contributed by atoms with van der Waals surface area (Å²) in [6.45, 7) is 2.45. The monoisotopic (exact) mass is 330 g/mol. The van der Waals surface area contributed by atoms with Gasteiger partial charge < -0.3 is 5.32 Å². The highest BCUT2D eigenvalue weighted by Crippen LogP contribution is 2.28. The van der Waals surface area contributed by atoms with Crippen LogP contribution in [0.4, 0.5) is 4.39 Å². The van der Waals surface area contributed by atoms with Gasteiger partial charge in [-0.2, -0.15) is 0 Å². The van der Waals surface area contributed by atoms with Crippen LogP contribution in [-0.4, -0.2) is 27.4 Å². The number of nitrogens with one attached hydrogen (secondary N) is 1. The van der Waals surface area contributed by atoms with Crippen LogP contribution in [0.2, 0.25) is 0 Å². The Labute approximate surface area is 141 Å². The van der Waals surface area contributed by atoms with Crippen molar-refractivity contribution < 1.29 is 9.18 Å². The second-order valence-electron chi connectivity index (χ2n) is 6.46. The van der Waals surface area contributed by atoms with Crippen LogP contribution in [0.1, 0.15) is 54.7 Å². The zero-order valence-electron chi connectivity index (χ0n) is 14.0. The van der Waals surface area contributed by atoms with Crippen molar-refractivity contribution in [1.29, 1.82) is 0 Å². The van der Waals surface area contributed by atoms with Crippen LogP contribution >= 0.6 is 0 Å². The third-order valence-electron chi connectivity index (χ3n) is 4.73. The van der Waals surface area contributed by atoms with Crippen molar-refractivity contribution in [3.63, 3.8) is 0 Å². The van der Waals surface area contributed by atoms with Gasteiger partial charge in [-0.3, -0.25) is 4.79 Å². The van der Waals surface area contributed by atoms with Crippen molar-refractivity contribution in [2.75, 3.05) is 6.54 Å². The lowest BCUT2D eigenvalue weighted by atomic mass is 10.0. The van der Waals surface area contributed by atoms with Crippen LogP contribution in [0.3, 0.4) is 0 Å². The molecular weight excluding hydrogens is 307 g/mol. The first-order chi connectivity index (χ1) is 11.6. The zero-order valence-corrected chi connectivity index (χ0v) is 14.0. The Morgan fingerprint density at radius 3 is 2.71 bits per heavy atom. The van der Waals surface area contributed by atoms with Crippen LogP contribution < -0.4 is 5.32 Å². The van der Waals surface area contributed by atoms with Crippen molar-refractivity contribution in [2.45, 2.75) is 45.4 Å². The van der Waals surface area contributed by atoms with Crippen LogP contribution in [-0.2, 0) is 0 Å². The number of hydrogen-bond acceptors (Lipinski definition) is 3. The molecule has 0 atom stereocenters. The molecule has 0 unspecified atom stereocenters. The molecule has 1 fully saturated rings. The van der Waals surface area contributed by atoms with Gasteiger partial charge in [-0.25, -0.2) is 9.07 Å². The standard InChI is InChI=1S/C18H23FN4O/c1-13-17(18(24)20-12-4-7-14-5-2-3-6-14)21-22-23(13)16-10-8-15(19)9-11-16/h8-11,14H,2-7,12H2,1H3,(H,20,24). The van der Waals surface area contributed by atoms with Crippen molar-refractivity contribution >= 4 is 5.91 Å². The SMILES string of the molecule is Cc1c(C(=O)NCCCC2CCCC2)nnn1-c1ccc(F)cc1. The fourth-order valence-electron chi connectivity index (χ4n) is 3.34. The third kappa shape index (κ3) is 3.80. The molecule has 5 nitrogen and oxygen atoms in total. The van der Waals surface area contributed by atoms with E-state index in [1.807, 2.05) is 0 Å². The summed E-state index contributed by atoms with van der Waals surface area (Å²) in [5, 5.41) is 10.9. The molecule has 1 aromatic heterocycles. The van der Waals surface area contributed by atoms with Crippen LogP contribution in [0.5, 0.6) is 0 Å². The first kappa shape index (κ1) is 16.6. The number of hydrogen-bond donors (Lipinski definition) is 1. The summed E-state index contributed by atoms with van der Waals surface area (Å²) in [6, 6.07) is 5.94. The molecule has 6 heteroatoms. The molecule has 24 heavy (non-hydrogen) atoms. The largest absolute Gasteiger partial charge is 0.351 e. The van der Waals surface area contributed by atoms with E-state index < -0.39 is 0 Å². The number of nitrogens with zero attached hydrogens (tertiary/aromatic N) is 3. The Hall–Kier alpha value is -2.24. The van der Waals surface area contributed by atoms with E-state index in [1.54, 1.807) is 23.7 Å². The Kier molecular flexibility index (Phi) is 5.23. The van der Waals surface area contributed by atoms with Gasteiger partial charge in [-0.15, -0.1) is 5.10 Å². The van der Waals surface area contributed by atoms with Crippen molar-refractivity contribution in [1.82, 2.24) is 20.3 Å². The van der Waals surface area contributed by atoms with Crippen LogP contribution in [0, 0.1) is 18.7 Å². The first-order valence-corrected chi connectivity index (χ1v) is 8.61. The van der Waals surface area contributed by atoms with Gasteiger partial charge in [0.2, 0.25) is 0 Å². The molecule has 0 saturated heterocycles. The number of amides is 1. The summed E-state index contributed by atoms with van der Waals surface area (Å²) in [6.07, 6.45) is 7.55. The fourth-order valence-corrected chi connectivity index (χ4v) is 3.34. The maximum absolute atomic E-state index is 13.0. The second-order valence-corrected chi connectivity index (χ2v) is 6.46. The van der Waals surface area contributed by atoms with E-state index in [9.17, 15) is 9.18 Å². The number of carbonyl (C=O) groups excluding carboxylic acids is 1. The summed E-state index contributed by atoms with van der Waals surface area (Å²) in [4.78, 5) is 12.3. The summed E-state index contributed by atoms with van der Waals surface area (Å²) in [5.41, 5.74) is 1.65. The molecule has 1 aliphatic rings. The van der Waals surface area contributed by atoms with E-state index in [2.05, 4.69) is 15.6 Å². The Bertz CT molecular complexity index is 690. The Balaban J connectivity index is 1.56. The van der Waals surface area contributed by atoms with E-state index in [0.29, 0.717) is 23.6 Å². The minimum absolute atomic E-state index is 0.202. The molecule has 1 aromatic carbocycles. The lowest BCUT2D eigenvalue weighted by Gasteiger charge is -2.09. The van der Waals surface area contributed by atoms with E-state index in [4.69, 9.17) is 0 Å². The second kappa shape index (κ2) is 7.55. The number of halogens is 1. The Morgan fingerprint density at radius 2 is 2.00 bits per heavy atom. The smallest absolute Gasteiger partial charge is 0.273 e. The van der Waals surface area contributed by atoms with E-state index in [0.717, 1.165) is 12.3 Å². The highest BCUT2D eigenvalue weighted by Gasteiger charge is 2.18. The first-order valence-electron chi connectivity index (χ1n) is 8.61. The lowest BCUT2D eigenvalue weighted by Crippen LogP contribution is -2.26.